The molecule has 1 aliphatic carbocycles. The molecule has 0 radical (unpaired) electrons. The Balaban J connectivity index is 1.28. The van der Waals surface area contributed by atoms with E-state index in [2.05, 4.69) is 33.7 Å². The zero-order valence-electron chi connectivity index (χ0n) is 25.6. The van der Waals surface area contributed by atoms with Gasteiger partial charge < -0.3 is 21.7 Å². The maximum Gasteiger partial charge on any atom is 0.258 e. The highest BCUT2D eigenvalue weighted by molar-refractivity contribution is 6.05. The average Bonchev–Trinajstić information content (AvgIpc) is 3.47. The Bertz CT molecular complexity index is 1790. The van der Waals surface area contributed by atoms with Crippen LogP contribution in [0.2, 0.25) is 0 Å². The van der Waals surface area contributed by atoms with Crippen LogP contribution in [0.5, 0.6) is 0 Å². The van der Waals surface area contributed by atoms with Gasteiger partial charge in [0.1, 0.15) is 0 Å². The summed E-state index contributed by atoms with van der Waals surface area (Å²) in [6.07, 6.45) is 4.20. The monoisotopic (exact) mass is 600 g/mol. The average molecular weight is 601 g/mol. The number of H-pyrrole nitrogens is 1. The van der Waals surface area contributed by atoms with Crippen molar-refractivity contribution in [2.75, 3.05) is 24.2 Å². The lowest BCUT2D eigenvalue weighted by atomic mass is 9.81. The molecular formula is C37H40N6O2. The number of carbonyl (C=O) groups is 2. The number of amides is 2. The van der Waals surface area contributed by atoms with Crippen molar-refractivity contribution in [3.63, 3.8) is 0 Å². The molecule has 1 fully saturated rings. The molecule has 0 bridgehead atoms. The van der Waals surface area contributed by atoms with Gasteiger partial charge in [0.15, 0.2) is 5.82 Å². The molecule has 2 amide bonds. The largest absolute Gasteiger partial charge is 0.382 e. The molecule has 0 spiro atoms. The van der Waals surface area contributed by atoms with Gasteiger partial charge in [-0.2, -0.15) is 5.10 Å². The molecule has 1 unspecified atom stereocenters. The maximum absolute atomic E-state index is 13.7. The zero-order chi connectivity index (χ0) is 31.3. The highest BCUT2D eigenvalue weighted by Gasteiger charge is 2.28. The van der Waals surface area contributed by atoms with Gasteiger partial charge in [0.25, 0.3) is 5.91 Å². The van der Waals surface area contributed by atoms with Crippen molar-refractivity contribution in [1.82, 2.24) is 15.5 Å². The van der Waals surface area contributed by atoms with Crippen molar-refractivity contribution in [1.29, 1.82) is 0 Å². The van der Waals surface area contributed by atoms with E-state index in [4.69, 9.17) is 11.5 Å². The number of anilines is 2. The smallest absolute Gasteiger partial charge is 0.258 e. The third-order valence-corrected chi connectivity index (χ3v) is 9.14. The highest BCUT2D eigenvalue weighted by atomic mass is 16.2. The molecule has 1 heterocycles. The fourth-order valence-corrected chi connectivity index (χ4v) is 6.39. The number of nitrogens with zero attached hydrogens (tertiary/aromatic N) is 2. The van der Waals surface area contributed by atoms with Gasteiger partial charge in [-0.25, -0.2) is 0 Å². The molecule has 6 N–H and O–H groups in total. The summed E-state index contributed by atoms with van der Waals surface area (Å²) in [6.45, 7) is 0.676. The molecule has 0 saturated heterocycles. The summed E-state index contributed by atoms with van der Waals surface area (Å²) in [6, 6.07) is 31.4. The Morgan fingerprint density at radius 3 is 2.44 bits per heavy atom. The molecule has 1 aromatic heterocycles. The van der Waals surface area contributed by atoms with Gasteiger partial charge in [0.05, 0.1) is 11.6 Å². The number of hydrogen-bond donors (Lipinski definition) is 4. The van der Waals surface area contributed by atoms with E-state index in [0.717, 1.165) is 64.5 Å². The SMILES string of the molecule is CN(C(=O)c1cccc(CC(NC(=O)C2CCC(CN)CC2)c2cccc(-c3ccc4c(N)n[nH]c4c3)c2)c1)c1ccccc1. The molecule has 1 aliphatic rings. The van der Waals surface area contributed by atoms with E-state index in [1.807, 2.05) is 78.9 Å². The van der Waals surface area contributed by atoms with E-state index in [0.29, 0.717) is 30.3 Å². The number of nitrogen functional groups attached to an aromatic ring is 1. The molecular weight excluding hydrogens is 560 g/mol. The number of fused-ring (bicyclic) bond motifs is 1. The summed E-state index contributed by atoms with van der Waals surface area (Å²) in [4.78, 5) is 28.7. The lowest BCUT2D eigenvalue weighted by Gasteiger charge is -2.29. The number of hydrogen-bond acceptors (Lipinski definition) is 5. The first kappa shape index (κ1) is 30.1. The van der Waals surface area contributed by atoms with Crippen LogP contribution in [-0.4, -0.2) is 35.6 Å². The molecule has 8 nitrogen and oxygen atoms in total. The summed E-state index contributed by atoms with van der Waals surface area (Å²) >= 11 is 0. The summed E-state index contributed by atoms with van der Waals surface area (Å²) < 4.78 is 0. The summed E-state index contributed by atoms with van der Waals surface area (Å²) in [5.74, 6) is 0.935. The number of aromatic nitrogens is 2. The minimum Gasteiger partial charge on any atom is -0.382 e. The minimum atomic E-state index is -0.284. The quantitative estimate of drug-likeness (QED) is 0.159. The van der Waals surface area contributed by atoms with Gasteiger partial charge in [-0.15, -0.1) is 0 Å². The first-order valence-electron chi connectivity index (χ1n) is 15.7. The lowest BCUT2D eigenvalue weighted by Crippen LogP contribution is -2.37. The van der Waals surface area contributed by atoms with Crippen LogP contribution in [-0.2, 0) is 11.2 Å². The molecule has 1 atom stereocenters. The van der Waals surface area contributed by atoms with Crippen LogP contribution in [0.1, 0.15) is 53.2 Å². The third kappa shape index (κ3) is 6.76. The van der Waals surface area contributed by atoms with Crippen molar-refractivity contribution < 1.29 is 9.59 Å². The van der Waals surface area contributed by atoms with Gasteiger partial charge >= 0.3 is 0 Å². The van der Waals surface area contributed by atoms with Crippen LogP contribution in [0.25, 0.3) is 22.0 Å². The van der Waals surface area contributed by atoms with Crippen LogP contribution in [0.3, 0.4) is 0 Å². The maximum atomic E-state index is 13.7. The fraction of sp³-hybridized carbons (Fsp3) is 0.270. The van der Waals surface area contributed by atoms with Crippen LogP contribution in [0, 0.1) is 11.8 Å². The standard InChI is InChI=1S/C37H40N6O2/c1-43(31-11-3-2-4-12-31)37(45)30-10-5-7-25(19-30)20-33(40-36(44)26-15-13-24(23-38)14-16-26)29-9-6-8-27(21-29)28-17-18-32-34(22-28)41-42-35(32)39/h2-12,17-19,21-22,24,26,33H,13-16,20,23,38H2,1H3,(H,40,44)(H3,39,41,42). The van der Waals surface area contributed by atoms with Crippen molar-refractivity contribution >= 4 is 34.2 Å². The predicted molar refractivity (Wildman–Crippen MR) is 181 cm³/mol. The zero-order valence-corrected chi connectivity index (χ0v) is 25.6. The number of rotatable bonds is 9. The number of nitrogens with one attached hydrogen (secondary N) is 2. The molecule has 5 aromatic rings. The normalized spacial score (nSPS) is 17.1. The number of benzene rings is 4. The predicted octanol–water partition coefficient (Wildman–Crippen LogP) is 6.25. The Kier molecular flexibility index (Phi) is 8.93. The van der Waals surface area contributed by atoms with E-state index < -0.39 is 0 Å². The molecule has 230 valence electrons. The lowest BCUT2D eigenvalue weighted by molar-refractivity contribution is -0.127. The van der Waals surface area contributed by atoms with Crippen LogP contribution in [0.4, 0.5) is 11.5 Å². The van der Waals surface area contributed by atoms with Gasteiger partial charge in [0, 0.05) is 29.6 Å². The van der Waals surface area contributed by atoms with Gasteiger partial charge in [-0.05, 0) is 109 Å². The van der Waals surface area contributed by atoms with Crippen molar-refractivity contribution in [2.24, 2.45) is 17.6 Å². The van der Waals surface area contributed by atoms with E-state index in [1.165, 1.54) is 0 Å². The Morgan fingerprint density at radius 2 is 1.67 bits per heavy atom. The summed E-state index contributed by atoms with van der Waals surface area (Å²) in [7, 11) is 1.78. The van der Waals surface area contributed by atoms with Gasteiger partial charge in [0.2, 0.25) is 5.91 Å². The van der Waals surface area contributed by atoms with Crippen molar-refractivity contribution in [2.45, 2.75) is 38.1 Å². The molecule has 4 aromatic carbocycles. The second-order valence-electron chi connectivity index (χ2n) is 12.1. The highest BCUT2D eigenvalue weighted by Crippen LogP contribution is 2.32. The molecule has 8 heteroatoms. The van der Waals surface area contributed by atoms with E-state index in [-0.39, 0.29) is 23.8 Å². The number of nitrogens with two attached hydrogens (primary N) is 2. The van der Waals surface area contributed by atoms with Crippen molar-refractivity contribution in [3.8, 4) is 11.1 Å². The van der Waals surface area contributed by atoms with Crippen LogP contribution in [0.15, 0.2) is 97.1 Å². The first-order valence-corrected chi connectivity index (χ1v) is 15.7. The molecule has 0 aliphatic heterocycles. The van der Waals surface area contributed by atoms with Crippen molar-refractivity contribution in [3.05, 3.63) is 114 Å². The fourth-order valence-electron chi connectivity index (χ4n) is 6.39. The number of para-hydroxylation sites is 1. The second kappa shape index (κ2) is 13.4. The van der Waals surface area contributed by atoms with E-state index in [1.54, 1.807) is 11.9 Å². The van der Waals surface area contributed by atoms with Gasteiger partial charge in [-0.1, -0.05) is 54.6 Å². The molecule has 1 saturated carbocycles. The first-order chi connectivity index (χ1) is 21.9. The molecule has 6 rings (SSSR count). The van der Waals surface area contributed by atoms with Crippen LogP contribution >= 0.6 is 0 Å². The Hall–Kier alpha value is -4.95. The third-order valence-electron chi connectivity index (χ3n) is 9.14. The summed E-state index contributed by atoms with van der Waals surface area (Å²) in [5, 5.41) is 11.4. The second-order valence-corrected chi connectivity index (χ2v) is 12.1. The van der Waals surface area contributed by atoms with Crippen LogP contribution < -0.4 is 21.7 Å². The number of aromatic amines is 1. The topological polar surface area (TPSA) is 130 Å². The van der Waals surface area contributed by atoms with E-state index in [9.17, 15) is 9.59 Å². The molecule has 45 heavy (non-hydrogen) atoms. The summed E-state index contributed by atoms with van der Waals surface area (Å²) in [5.41, 5.74) is 18.2. The van der Waals surface area contributed by atoms with E-state index >= 15 is 0 Å². The number of carbonyl (C=O) groups excluding carboxylic acids is 2. The Morgan fingerprint density at radius 1 is 0.911 bits per heavy atom. The Labute approximate surface area is 263 Å². The minimum absolute atomic E-state index is 0.0286. The van der Waals surface area contributed by atoms with Gasteiger partial charge in [-0.3, -0.25) is 14.7 Å².